The summed E-state index contributed by atoms with van der Waals surface area (Å²) in [6.07, 6.45) is 0. The molecule has 0 aromatic heterocycles. The third-order valence-electron chi connectivity index (χ3n) is 6.07. The second-order valence-corrected chi connectivity index (χ2v) is 9.82. The Balaban J connectivity index is 1.62. The van der Waals surface area contributed by atoms with E-state index in [9.17, 15) is 14.9 Å². The van der Waals surface area contributed by atoms with Crippen molar-refractivity contribution in [2.75, 3.05) is 16.4 Å². The first kappa shape index (κ1) is 25.8. The molecular formula is C30H28N4O2S. The first-order valence-electron chi connectivity index (χ1n) is 11.9. The Morgan fingerprint density at radius 3 is 2.38 bits per heavy atom. The number of carbonyl (C=O) groups is 2. The maximum Gasteiger partial charge on any atom is 0.254 e. The van der Waals surface area contributed by atoms with Crippen LogP contribution in [0.5, 0.6) is 0 Å². The van der Waals surface area contributed by atoms with Crippen molar-refractivity contribution in [1.29, 1.82) is 5.26 Å². The van der Waals surface area contributed by atoms with Crippen LogP contribution in [0, 0.1) is 25.2 Å². The van der Waals surface area contributed by atoms with Crippen LogP contribution in [0.2, 0.25) is 0 Å². The van der Waals surface area contributed by atoms with Gasteiger partial charge < -0.3 is 16.0 Å². The fraction of sp³-hybridized carbons (Fsp3) is 0.167. The van der Waals surface area contributed by atoms with E-state index in [1.54, 1.807) is 0 Å². The topological polar surface area (TPSA) is 94.0 Å². The third-order valence-corrected chi connectivity index (χ3v) is 7.08. The Morgan fingerprint density at radius 2 is 1.68 bits per heavy atom. The van der Waals surface area contributed by atoms with Crippen LogP contribution in [-0.2, 0) is 9.59 Å². The molecule has 0 fully saturated rings. The Morgan fingerprint density at radius 1 is 0.946 bits per heavy atom. The van der Waals surface area contributed by atoms with Gasteiger partial charge in [-0.2, -0.15) is 5.26 Å². The number of amides is 2. The molecule has 37 heavy (non-hydrogen) atoms. The second-order valence-electron chi connectivity index (χ2n) is 8.84. The number of para-hydroxylation sites is 1. The molecule has 0 aliphatic carbocycles. The summed E-state index contributed by atoms with van der Waals surface area (Å²) < 4.78 is 0. The van der Waals surface area contributed by atoms with E-state index in [-0.39, 0.29) is 17.6 Å². The van der Waals surface area contributed by atoms with Crippen LogP contribution in [0.15, 0.2) is 101 Å². The highest BCUT2D eigenvalue weighted by molar-refractivity contribution is 8.03. The summed E-state index contributed by atoms with van der Waals surface area (Å²) in [6, 6.07) is 27.0. The van der Waals surface area contributed by atoms with Gasteiger partial charge in [0.1, 0.15) is 0 Å². The summed E-state index contributed by atoms with van der Waals surface area (Å²) in [5, 5.41) is 19.9. The fourth-order valence-electron chi connectivity index (χ4n) is 4.27. The summed E-state index contributed by atoms with van der Waals surface area (Å²) >= 11 is 1.25. The number of nitriles is 1. The molecule has 1 aliphatic heterocycles. The molecule has 0 saturated carbocycles. The standard InChI is InChI=1S/C30H28N4O2S/c1-19-10-9-14-23(16-19)33-26(35)18-37-30-24(17-31)28(22-12-5-4-6-13-22)27(21(3)32-30)29(36)34-25-15-8-7-11-20(25)2/h4-16,28,32H,18H2,1-3H3,(H,33,35)(H,34,36)/t28-/m1/s1. The normalized spacial score (nSPS) is 15.0. The van der Waals surface area contributed by atoms with E-state index in [1.165, 1.54) is 11.8 Å². The molecule has 0 saturated heterocycles. The number of carbonyl (C=O) groups excluding carboxylic acids is 2. The lowest BCUT2D eigenvalue weighted by atomic mass is 9.82. The highest BCUT2D eigenvalue weighted by Crippen LogP contribution is 2.41. The van der Waals surface area contributed by atoms with E-state index in [0.29, 0.717) is 21.9 Å². The molecule has 0 radical (unpaired) electrons. The Kier molecular flexibility index (Phi) is 8.11. The van der Waals surface area contributed by atoms with Crippen molar-refractivity contribution >= 4 is 35.0 Å². The fourth-order valence-corrected chi connectivity index (χ4v) is 5.16. The van der Waals surface area contributed by atoms with Crippen LogP contribution >= 0.6 is 11.8 Å². The number of nitrogens with zero attached hydrogens (tertiary/aromatic N) is 1. The van der Waals surface area contributed by atoms with Crippen LogP contribution in [0.4, 0.5) is 11.4 Å². The van der Waals surface area contributed by atoms with Crippen LogP contribution in [0.3, 0.4) is 0 Å². The quantitative estimate of drug-likeness (QED) is 0.363. The van der Waals surface area contributed by atoms with E-state index >= 15 is 0 Å². The second kappa shape index (κ2) is 11.6. The molecule has 1 aliphatic rings. The molecule has 0 unspecified atom stereocenters. The maximum absolute atomic E-state index is 13.6. The molecule has 2 amide bonds. The number of anilines is 2. The number of aryl methyl sites for hydroxylation is 2. The predicted molar refractivity (Wildman–Crippen MR) is 150 cm³/mol. The van der Waals surface area contributed by atoms with Gasteiger partial charge in [-0.15, -0.1) is 0 Å². The number of allylic oxidation sites excluding steroid dienone is 2. The van der Waals surface area contributed by atoms with Gasteiger partial charge in [0.05, 0.1) is 28.3 Å². The number of hydrogen-bond acceptors (Lipinski definition) is 5. The Hall–Kier alpha value is -4.28. The van der Waals surface area contributed by atoms with Gasteiger partial charge in [-0.1, -0.05) is 72.4 Å². The molecule has 186 valence electrons. The van der Waals surface area contributed by atoms with Gasteiger partial charge in [-0.3, -0.25) is 9.59 Å². The zero-order chi connectivity index (χ0) is 26.4. The minimum Gasteiger partial charge on any atom is -0.353 e. The van der Waals surface area contributed by atoms with Gasteiger partial charge in [-0.05, 0) is 55.7 Å². The van der Waals surface area contributed by atoms with Crippen LogP contribution in [0.25, 0.3) is 0 Å². The van der Waals surface area contributed by atoms with Gasteiger partial charge >= 0.3 is 0 Å². The molecule has 4 rings (SSSR count). The number of hydrogen-bond donors (Lipinski definition) is 3. The molecule has 1 atom stereocenters. The van der Waals surface area contributed by atoms with Crippen LogP contribution in [0.1, 0.15) is 29.5 Å². The van der Waals surface area contributed by atoms with Crippen LogP contribution in [-0.4, -0.2) is 17.6 Å². The van der Waals surface area contributed by atoms with E-state index in [0.717, 1.165) is 28.1 Å². The molecule has 1 heterocycles. The van der Waals surface area contributed by atoms with Crippen molar-refractivity contribution in [3.05, 3.63) is 117 Å². The molecule has 0 bridgehead atoms. The average molecular weight is 509 g/mol. The average Bonchev–Trinajstić information content (AvgIpc) is 2.88. The largest absolute Gasteiger partial charge is 0.353 e. The highest BCUT2D eigenvalue weighted by Gasteiger charge is 2.35. The first-order valence-corrected chi connectivity index (χ1v) is 12.9. The Bertz CT molecular complexity index is 1440. The van der Waals surface area contributed by atoms with Gasteiger partial charge in [0.15, 0.2) is 0 Å². The summed E-state index contributed by atoms with van der Waals surface area (Å²) in [5.41, 5.74) is 5.79. The molecular weight excluding hydrogens is 480 g/mol. The van der Waals surface area contributed by atoms with Gasteiger partial charge in [0.25, 0.3) is 5.91 Å². The molecule has 3 N–H and O–H groups in total. The smallest absolute Gasteiger partial charge is 0.254 e. The van der Waals surface area contributed by atoms with Gasteiger partial charge in [0.2, 0.25) is 5.91 Å². The van der Waals surface area contributed by atoms with Crippen molar-refractivity contribution in [1.82, 2.24) is 5.32 Å². The van der Waals surface area contributed by atoms with E-state index in [2.05, 4.69) is 22.0 Å². The van der Waals surface area contributed by atoms with E-state index in [1.807, 2.05) is 99.6 Å². The van der Waals surface area contributed by atoms with Gasteiger partial charge in [0, 0.05) is 22.6 Å². The molecule has 6 nitrogen and oxygen atoms in total. The van der Waals surface area contributed by atoms with Gasteiger partial charge in [-0.25, -0.2) is 0 Å². The van der Waals surface area contributed by atoms with Crippen molar-refractivity contribution in [2.24, 2.45) is 0 Å². The van der Waals surface area contributed by atoms with E-state index in [4.69, 9.17) is 0 Å². The van der Waals surface area contributed by atoms with E-state index < -0.39 is 5.92 Å². The van der Waals surface area contributed by atoms with Crippen LogP contribution < -0.4 is 16.0 Å². The van der Waals surface area contributed by atoms with Crippen molar-refractivity contribution in [2.45, 2.75) is 26.7 Å². The first-order chi connectivity index (χ1) is 17.9. The zero-order valence-electron chi connectivity index (χ0n) is 21.0. The predicted octanol–water partition coefficient (Wildman–Crippen LogP) is 6.01. The minimum atomic E-state index is -0.571. The number of rotatable bonds is 7. The lowest BCUT2D eigenvalue weighted by Crippen LogP contribution is -2.31. The molecule has 3 aromatic carbocycles. The molecule has 7 heteroatoms. The number of thioether (sulfide) groups is 1. The SMILES string of the molecule is CC1=C(C(=O)Nc2ccccc2C)[C@H](c2ccccc2)C(C#N)=C(SCC(=O)Nc2cccc(C)c2)N1. The van der Waals surface area contributed by atoms with Crippen molar-refractivity contribution in [3.63, 3.8) is 0 Å². The number of dihydropyridines is 1. The minimum absolute atomic E-state index is 0.112. The zero-order valence-corrected chi connectivity index (χ0v) is 21.8. The lowest BCUT2D eigenvalue weighted by molar-refractivity contribution is -0.114. The number of benzene rings is 3. The van der Waals surface area contributed by atoms with Crippen molar-refractivity contribution < 1.29 is 9.59 Å². The van der Waals surface area contributed by atoms with Crippen molar-refractivity contribution in [3.8, 4) is 6.07 Å². The summed E-state index contributed by atoms with van der Waals surface area (Å²) in [5.74, 6) is -0.912. The number of nitrogens with one attached hydrogen (secondary N) is 3. The summed E-state index contributed by atoms with van der Waals surface area (Å²) in [7, 11) is 0. The Labute approximate surface area is 221 Å². The summed E-state index contributed by atoms with van der Waals surface area (Å²) in [4.78, 5) is 26.2. The molecule has 3 aromatic rings. The highest BCUT2D eigenvalue weighted by atomic mass is 32.2. The molecule has 0 spiro atoms. The maximum atomic E-state index is 13.6. The summed E-state index contributed by atoms with van der Waals surface area (Å²) in [6.45, 7) is 5.72. The monoisotopic (exact) mass is 508 g/mol. The lowest BCUT2D eigenvalue weighted by Gasteiger charge is -2.30. The third kappa shape index (κ3) is 6.11.